The van der Waals surface area contributed by atoms with Gasteiger partial charge in [-0.25, -0.2) is 0 Å². The molecule has 1 aromatic heterocycles. The third-order valence-corrected chi connectivity index (χ3v) is 3.63. The molecule has 0 aliphatic carbocycles. The molecule has 1 aromatic carbocycles. The van der Waals surface area contributed by atoms with Crippen molar-refractivity contribution in [2.24, 2.45) is 0 Å². The Bertz CT molecular complexity index is 655. The highest BCUT2D eigenvalue weighted by Gasteiger charge is 2.20. The minimum Gasteiger partial charge on any atom is -0.419 e. The van der Waals surface area contributed by atoms with Gasteiger partial charge in [0.05, 0.1) is 17.6 Å². The van der Waals surface area contributed by atoms with Crippen LogP contribution in [0, 0.1) is 10.1 Å². The smallest absolute Gasteiger partial charge is 0.269 e. The maximum atomic E-state index is 10.6. The first-order valence-electron chi connectivity index (χ1n) is 7.09. The van der Waals surface area contributed by atoms with Gasteiger partial charge >= 0.3 is 0 Å². The summed E-state index contributed by atoms with van der Waals surface area (Å²) >= 11 is 0. The Morgan fingerprint density at radius 2 is 2.14 bits per heavy atom. The number of aliphatic hydroxyl groups is 1. The summed E-state index contributed by atoms with van der Waals surface area (Å²) in [6.07, 6.45) is 1.48. The summed E-state index contributed by atoms with van der Waals surface area (Å²) in [6, 6.07) is 5.97. The second-order valence-corrected chi connectivity index (χ2v) is 5.34. The molecule has 116 valence electrons. The fourth-order valence-electron chi connectivity index (χ4n) is 2.53. The number of hydrogen-bond donors (Lipinski definition) is 1. The first-order chi connectivity index (χ1) is 10.6. The van der Waals surface area contributed by atoms with Crippen molar-refractivity contribution in [3.05, 3.63) is 40.3 Å². The highest BCUT2D eigenvalue weighted by atomic mass is 16.6. The number of benzene rings is 1. The molecule has 1 aliphatic heterocycles. The van der Waals surface area contributed by atoms with E-state index < -0.39 is 4.92 Å². The minimum absolute atomic E-state index is 0.0193. The lowest BCUT2D eigenvalue weighted by molar-refractivity contribution is -0.384. The van der Waals surface area contributed by atoms with E-state index in [9.17, 15) is 15.2 Å². The first kappa shape index (κ1) is 14.6. The van der Waals surface area contributed by atoms with Crippen LogP contribution in [0.4, 0.5) is 5.69 Å². The Morgan fingerprint density at radius 1 is 1.36 bits per heavy atom. The second-order valence-electron chi connectivity index (χ2n) is 5.34. The number of nitrogens with zero attached hydrogens (tertiary/aromatic N) is 4. The minimum atomic E-state index is -0.454. The van der Waals surface area contributed by atoms with E-state index in [1.54, 1.807) is 12.1 Å². The zero-order valence-electron chi connectivity index (χ0n) is 11.9. The predicted molar refractivity (Wildman–Crippen MR) is 76.9 cm³/mol. The molecule has 1 aliphatic rings. The zero-order valence-corrected chi connectivity index (χ0v) is 11.9. The molecule has 3 rings (SSSR count). The predicted octanol–water partition coefficient (Wildman–Crippen LogP) is 1.60. The third kappa shape index (κ3) is 3.29. The van der Waals surface area contributed by atoms with Crippen LogP contribution < -0.4 is 0 Å². The van der Waals surface area contributed by atoms with Crippen LogP contribution in [-0.2, 0) is 6.54 Å². The highest BCUT2D eigenvalue weighted by molar-refractivity contribution is 5.55. The molecule has 1 N–H and O–H groups in total. The van der Waals surface area contributed by atoms with Crippen LogP contribution >= 0.6 is 0 Å². The van der Waals surface area contributed by atoms with Gasteiger partial charge in [0.2, 0.25) is 11.8 Å². The molecule has 22 heavy (non-hydrogen) atoms. The van der Waals surface area contributed by atoms with Crippen LogP contribution in [0.5, 0.6) is 0 Å². The number of β-amino-alcohol motifs (C(OH)–C–C–N with tert-alkyl or cyclic N) is 1. The van der Waals surface area contributed by atoms with Crippen molar-refractivity contribution in [3.8, 4) is 11.5 Å². The van der Waals surface area contributed by atoms with E-state index in [2.05, 4.69) is 15.1 Å². The van der Waals surface area contributed by atoms with Gasteiger partial charge in [0.25, 0.3) is 5.69 Å². The Kier molecular flexibility index (Phi) is 4.12. The van der Waals surface area contributed by atoms with Crippen molar-refractivity contribution in [2.45, 2.75) is 25.5 Å². The van der Waals surface area contributed by atoms with E-state index >= 15 is 0 Å². The summed E-state index contributed by atoms with van der Waals surface area (Å²) < 4.78 is 5.59. The van der Waals surface area contributed by atoms with E-state index in [0.29, 0.717) is 30.4 Å². The van der Waals surface area contributed by atoms with Crippen LogP contribution in [-0.4, -0.2) is 44.3 Å². The van der Waals surface area contributed by atoms with Crippen molar-refractivity contribution < 1.29 is 14.4 Å². The van der Waals surface area contributed by atoms with Gasteiger partial charge in [0.15, 0.2) is 0 Å². The number of likely N-dealkylation sites (tertiary alicyclic amines) is 1. The molecule has 0 bridgehead atoms. The summed E-state index contributed by atoms with van der Waals surface area (Å²) in [7, 11) is 0. The van der Waals surface area contributed by atoms with Crippen LogP contribution in [0.15, 0.2) is 28.7 Å². The molecule has 0 radical (unpaired) electrons. The highest BCUT2D eigenvalue weighted by Crippen LogP contribution is 2.22. The van der Waals surface area contributed by atoms with Crippen molar-refractivity contribution in [1.82, 2.24) is 15.1 Å². The molecular weight excluding hydrogens is 288 g/mol. The standard InChI is InChI=1S/C14H16N4O4/c19-12-2-1-7-17(8-12)9-13-15-16-14(22-13)10-3-5-11(6-4-10)18(20)21/h3-6,12,19H,1-2,7-9H2. The number of nitro benzene ring substituents is 1. The number of piperidine rings is 1. The quantitative estimate of drug-likeness (QED) is 0.675. The molecule has 8 heteroatoms. The number of aliphatic hydroxyl groups excluding tert-OH is 1. The maximum absolute atomic E-state index is 10.6. The molecule has 1 unspecified atom stereocenters. The van der Waals surface area contributed by atoms with Crippen LogP contribution in [0.3, 0.4) is 0 Å². The van der Waals surface area contributed by atoms with Crippen molar-refractivity contribution in [1.29, 1.82) is 0 Å². The Hall–Kier alpha value is -2.32. The van der Waals surface area contributed by atoms with Crippen LogP contribution in [0.25, 0.3) is 11.5 Å². The van der Waals surface area contributed by atoms with Gasteiger partial charge in [-0.05, 0) is 31.5 Å². The molecule has 1 saturated heterocycles. The first-order valence-corrected chi connectivity index (χ1v) is 7.09. The Balaban J connectivity index is 1.69. The van der Waals surface area contributed by atoms with E-state index in [-0.39, 0.29) is 11.8 Å². The fraction of sp³-hybridized carbons (Fsp3) is 0.429. The van der Waals surface area contributed by atoms with Gasteiger partial charge in [-0.2, -0.15) is 0 Å². The van der Waals surface area contributed by atoms with Gasteiger partial charge in [-0.1, -0.05) is 0 Å². The second kappa shape index (κ2) is 6.20. The normalized spacial score (nSPS) is 19.2. The van der Waals surface area contributed by atoms with Gasteiger partial charge in [0.1, 0.15) is 0 Å². The van der Waals surface area contributed by atoms with Gasteiger partial charge in [0, 0.05) is 24.2 Å². The maximum Gasteiger partial charge on any atom is 0.269 e. The SMILES string of the molecule is O=[N+]([O-])c1ccc(-c2nnc(CN3CCCC(O)C3)o2)cc1. The topological polar surface area (TPSA) is 106 Å². The third-order valence-electron chi connectivity index (χ3n) is 3.63. The Labute approximate surface area is 126 Å². The monoisotopic (exact) mass is 304 g/mol. The summed E-state index contributed by atoms with van der Waals surface area (Å²) in [5.41, 5.74) is 0.661. The molecule has 1 atom stereocenters. The largest absolute Gasteiger partial charge is 0.419 e. The van der Waals surface area contributed by atoms with Gasteiger partial charge in [-0.3, -0.25) is 15.0 Å². The summed E-state index contributed by atoms with van der Waals surface area (Å²) in [6.45, 7) is 2.00. The lowest BCUT2D eigenvalue weighted by Crippen LogP contribution is -2.37. The average Bonchev–Trinajstić information content (AvgIpc) is 2.96. The molecule has 1 fully saturated rings. The van der Waals surface area contributed by atoms with E-state index in [0.717, 1.165) is 19.4 Å². The molecule has 0 amide bonds. The number of rotatable bonds is 4. The van der Waals surface area contributed by atoms with E-state index in [1.807, 2.05) is 0 Å². The molecular formula is C14H16N4O4. The molecule has 2 heterocycles. The van der Waals surface area contributed by atoms with E-state index in [4.69, 9.17) is 4.42 Å². The molecule has 8 nitrogen and oxygen atoms in total. The summed E-state index contributed by atoms with van der Waals surface area (Å²) in [5.74, 6) is 0.810. The van der Waals surface area contributed by atoms with Crippen LogP contribution in [0.1, 0.15) is 18.7 Å². The van der Waals surface area contributed by atoms with Gasteiger partial charge < -0.3 is 9.52 Å². The van der Waals surface area contributed by atoms with E-state index in [1.165, 1.54) is 12.1 Å². The molecule has 0 saturated carbocycles. The van der Waals surface area contributed by atoms with Crippen molar-refractivity contribution in [3.63, 3.8) is 0 Å². The summed E-state index contributed by atoms with van der Waals surface area (Å²) in [4.78, 5) is 12.2. The van der Waals surface area contributed by atoms with Crippen molar-refractivity contribution >= 4 is 5.69 Å². The molecule has 2 aromatic rings. The summed E-state index contributed by atoms with van der Waals surface area (Å²) in [5, 5.41) is 28.2. The lowest BCUT2D eigenvalue weighted by Gasteiger charge is -2.28. The lowest BCUT2D eigenvalue weighted by atomic mass is 10.1. The average molecular weight is 304 g/mol. The van der Waals surface area contributed by atoms with Crippen molar-refractivity contribution in [2.75, 3.05) is 13.1 Å². The number of hydrogen-bond acceptors (Lipinski definition) is 7. The Morgan fingerprint density at radius 3 is 2.82 bits per heavy atom. The number of aromatic nitrogens is 2. The molecule has 0 spiro atoms. The fourth-order valence-corrected chi connectivity index (χ4v) is 2.53. The number of nitro groups is 1. The van der Waals surface area contributed by atoms with Gasteiger partial charge in [-0.15, -0.1) is 10.2 Å². The number of non-ortho nitro benzene ring substituents is 1. The zero-order chi connectivity index (χ0) is 15.5. The van der Waals surface area contributed by atoms with Crippen LogP contribution in [0.2, 0.25) is 0 Å².